The van der Waals surface area contributed by atoms with Crippen molar-refractivity contribution in [3.05, 3.63) is 24.2 Å². The van der Waals surface area contributed by atoms with Crippen LogP contribution >= 0.6 is 0 Å². The van der Waals surface area contributed by atoms with Gasteiger partial charge in [-0.25, -0.2) is 0 Å². The number of aliphatic hydroxyl groups is 2. The van der Waals surface area contributed by atoms with Gasteiger partial charge < -0.3 is 26.6 Å². The average Bonchev–Trinajstić information content (AvgIpc) is 2.19. The lowest BCUT2D eigenvalue weighted by Crippen LogP contribution is -2.45. The fraction of sp³-hybridized carbons (Fsp3) is 0.556. The van der Waals surface area contributed by atoms with Gasteiger partial charge in [0, 0.05) is 19.3 Å². The third kappa shape index (κ3) is 2.40. The molecule has 0 aromatic rings. The summed E-state index contributed by atoms with van der Waals surface area (Å²) in [7, 11) is 0. The molecule has 2 unspecified atom stereocenters. The Kier molecular flexibility index (Phi) is 3.79. The fourth-order valence-corrected chi connectivity index (χ4v) is 1.52. The van der Waals surface area contributed by atoms with E-state index in [9.17, 15) is 10.2 Å². The molecule has 6 N–H and O–H groups in total. The molecule has 1 rings (SSSR count). The van der Waals surface area contributed by atoms with Crippen LogP contribution in [0.1, 0.15) is 6.42 Å². The first-order valence-electron chi connectivity index (χ1n) is 4.60. The maximum atomic E-state index is 9.45. The summed E-state index contributed by atoms with van der Waals surface area (Å²) < 4.78 is 0. The summed E-state index contributed by atoms with van der Waals surface area (Å²) in [5, 5.41) is 18.8. The summed E-state index contributed by atoms with van der Waals surface area (Å²) in [6.07, 6.45) is 3.70. The van der Waals surface area contributed by atoms with Crippen LogP contribution in [0.25, 0.3) is 0 Å². The summed E-state index contributed by atoms with van der Waals surface area (Å²) in [5.74, 6) is 0. The van der Waals surface area contributed by atoms with Crippen molar-refractivity contribution in [1.29, 1.82) is 0 Å². The minimum atomic E-state index is -0.718. The van der Waals surface area contributed by atoms with Crippen LogP contribution in [0.2, 0.25) is 0 Å². The molecule has 0 aromatic carbocycles. The predicted octanol–water partition coefficient (Wildman–Crippen LogP) is -1.31. The zero-order chi connectivity index (χ0) is 10.6. The second-order valence-electron chi connectivity index (χ2n) is 3.32. The van der Waals surface area contributed by atoms with E-state index in [1.54, 1.807) is 6.08 Å². The maximum Gasteiger partial charge on any atom is 0.0974 e. The molecular weight excluding hydrogens is 182 g/mol. The molecule has 5 nitrogen and oxygen atoms in total. The van der Waals surface area contributed by atoms with E-state index in [1.807, 2.05) is 4.90 Å². The van der Waals surface area contributed by atoms with E-state index in [0.717, 1.165) is 5.70 Å². The monoisotopic (exact) mass is 199 g/mol. The summed E-state index contributed by atoms with van der Waals surface area (Å²) in [4.78, 5) is 1.89. The molecule has 0 amide bonds. The maximum absolute atomic E-state index is 9.45. The van der Waals surface area contributed by atoms with Crippen molar-refractivity contribution < 1.29 is 10.2 Å². The first-order chi connectivity index (χ1) is 6.69. The van der Waals surface area contributed by atoms with E-state index >= 15 is 0 Å². The van der Waals surface area contributed by atoms with Crippen molar-refractivity contribution in [3.8, 4) is 0 Å². The van der Waals surface area contributed by atoms with Crippen molar-refractivity contribution >= 4 is 0 Å². The molecule has 0 spiro atoms. The number of rotatable bonds is 2. The van der Waals surface area contributed by atoms with Crippen LogP contribution in [0.15, 0.2) is 24.2 Å². The Morgan fingerprint density at radius 1 is 1.29 bits per heavy atom. The van der Waals surface area contributed by atoms with E-state index in [2.05, 4.69) is 0 Å². The molecule has 14 heavy (non-hydrogen) atoms. The van der Waals surface area contributed by atoms with Gasteiger partial charge in [0.15, 0.2) is 0 Å². The predicted molar refractivity (Wildman–Crippen MR) is 53.8 cm³/mol. The average molecular weight is 199 g/mol. The van der Waals surface area contributed by atoms with Crippen LogP contribution < -0.4 is 11.5 Å². The summed E-state index contributed by atoms with van der Waals surface area (Å²) >= 11 is 0. The number of nitrogens with two attached hydrogens (primary N) is 2. The molecule has 80 valence electrons. The van der Waals surface area contributed by atoms with E-state index in [-0.39, 0.29) is 0 Å². The molecule has 0 aromatic heterocycles. The van der Waals surface area contributed by atoms with Crippen LogP contribution in [0.3, 0.4) is 0 Å². The number of nitrogens with zero attached hydrogens (tertiary/aromatic N) is 1. The number of hydrogen-bond donors (Lipinski definition) is 4. The molecule has 1 saturated heterocycles. The number of piperidine rings is 1. The van der Waals surface area contributed by atoms with Gasteiger partial charge in [-0.05, 0) is 18.7 Å². The van der Waals surface area contributed by atoms with Gasteiger partial charge in [0.05, 0.1) is 17.9 Å². The van der Waals surface area contributed by atoms with Crippen LogP contribution in [-0.2, 0) is 0 Å². The van der Waals surface area contributed by atoms with Crippen molar-refractivity contribution in [3.63, 3.8) is 0 Å². The normalized spacial score (nSPS) is 29.9. The molecule has 1 aliphatic heterocycles. The molecular formula is C9H17N3O2. The first-order valence-corrected chi connectivity index (χ1v) is 4.60. The van der Waals surface area contributed by atoms with Gasteiger partial charge >= 0.3 is 0 Å². The van der Waals surface area contributed by atoms with Gasteiger partial charge in [0.25, 0.3) is 0 Å². The minimum Gasteiger partial charge on any atom is -0.405 e. The Morgan fingerprint density at radius 3 is 2.50 bits per heavy atom. The third-order valence-electron chi connectivity index (χ3n) is 2.35. The number of allylic oxidation sites excluding steroid dienone is 1. The summed E-state index contributed by atoms with van der Waals surface area (Å²) in [5.41, 5.74) is 11.4. The Morgan fingerprint density at radius 2 is 2.00 bits per heavy atom. The number of hydrogen-bond acceptors (Lipinski definition) is 5. The largest absolute Gasteiger partial charge is 0.405 e. The van der Waals surface area contributed by atoms with Crippen LogP contribution in [0, 0.1) is 0 Å². The molecule has 0 radical (unpaired) electrons. The van der Waals surface area contributed by atoms with Crippen molar-refractivity contribution in [2.75, 3.05) is 13.1 Å². The minimum absolute atomic E-state index is 0.383. The molecule has 5 heteroatoms. The third-order valence-corrected chi connectivity index (χ3v) is 2.35. The van der Waals surface area contributed by atoms with Gasteiger partial charge in [0.1, 0.15) is 0 Å². The smallest absolute Gasteiger partial charge is 0.0974 e. The molecule has 0 aliphatic carbocycles. The Hall–Kier alpha value is -1.20. The summed E-state index contributed by atoms with van der Waals surface area (Å²) in [6.45, 7) is 1.06. The van der Waals surface area contributed by atoms with Gasteiger partial charge in [-0.1, -0.05) is 0 Å². The second kappa shape index (κ2) is 4.88. The highest BCUT2D eigenvalue weighted by molar-refractivity contribution is 5.16. The highest BCUT2D eigenvalue weighted by Gasteiger charge is 2.25. The van der Waals surface area contributed by atoms with Gasteiger partial charge in [-0.3, -0.25) is 0 Å². The molecule has 0 bridgehead atoms. The highest BCUT2D eigenvalue weighted by atomic mass is 16.3. The van der Waals surface area contributed by atoms with Crippen molar-refractivity contribution in [1.82, 2.24) is 4.90 Å². The lowest BCUT2D eigenvalue weighted by atomic mass is 10.0. The molecule has 1 aliphatic rings. The lowest BCUT2D eigenvalue weighted by Gasteiger charge is -2.35. The molecule has 0 saturated carbocycles. The number of β-amino-alcohol motifs (C(OH)–C–C–N with tert-alkyl or cyclic N) is 1. The van der Waals surface area contributed by atoms with Crippen LogP contribution in [0.4, 0.5) is 0 Å². The van der Waals surface area contributed by atoms with Gasteiger partial charge in [-0.2, -0.15) is 0 Å². The van der Waals surface area contributed by atoms with E-state index < -0.39 is 12.2 Å². The number of likely N-dealkylation sites (tertiary alicyclic amines) is 1. The topological polar surface area (TPSA) is 95.7 Å². The Balaban J connectivity index is 2.61. The lowest BCUT2D eigenvalue weighted by molar-refractivity contribution is -0.0290. The SMILES string of the molecule is NC=C(/C=C\N)N1CCC(O)C(O)C1. The van der Waals surface area contributed by atoms with Gasteiger partial charge in [-0.15, -0.1) is 0 Å². The highest BCUT2D eigenvalue weighted by Crippen LogP contribution is 2.15. The van der Waals surface area contributed by atoms with E-state index in [1.165, 1.54) is 12.4 Å². The zero-order valence-electron chi connectivity index (χ0n) is 8.00. The Labute approximate surface area is 83.3 Å². The quantitative estimate of drug-likeness (QED) is 0.414. The van der Waals surface area contributed by atoms with E-state index in [4.69, 9.17) is 11.5 Å². The van der Waals surface area contributed by atoms with Crippen LogP contribution in [-0.4, -0.2) is 40.4 Å². The molecule has 1 heterocycles. The first kappa shape index (κ1) is 10.9. The second-order valence-corrected chi connectivity index (χ2v) is 3.32. The van der Waals surface area contributed by atoms with Gasteiger partial charge in [0.2, 0.25) is 0 Å². The van der Waals surface area contributed by atoms with Crippen molar-refractivity contribution in [2.24, 2.45) is 11.5 Å². The van der Waals surface area contributed by atoms with E-state index in [0.29, 0.717) is 19.5 Å². The number of aliphatic hydroxyl groups excluding tert-OH is 2. The molecule has 1 fully saturated rings. The standard InChI is InChI=1S/C9H17N3O2/c10-3-1-7(5-11)12-4-2-8(13)9(14)6-12/h1,3,5,8-9,13-14H,2,4,6,10-11H2/b3-1-,7-5?. The fourth-order valence-electron chi connectivity index (χ4n) is 1.52. The van der Waals surface area contributed by atoms with Crippen molar-refractivity contribution in [2.45, 2.75) is 18.6 Å². The Bertz CT molecular complexity index is 240. The summed E-state index contributed by atoms with van der Waals surface area (Å²) in [6, 6.07) is 0. The van der Waals surface area contributed by atoms with Crippen LogP contribution in [0.5, 0.6) is 0 Å². The molecule has 2 atom stereocenters. The zero-order valence-corrected chi connectivity index (χ0v) is 8.00.